The number of H-pyrrole nitrogens is 1. The van der Waals surface area contributed by atoms with E-state index in [0.29, 0.717) is 5.69 Å². The van der Waals surface area contributed by atoms with Crippen LogP contribution in [-0.2, 0) is 13.0 Å². The topological polar surface area (TPSA) is 49.0 Å². The number of aromatic amines is 1. The lowest BCUT2D eigenvalue weighted by Crippen LogP contribution is -2.26. The number of nitrogens with zero attached hydrogens (tertiary/aromatic N) is 2. The molecule has 13 heavy (non-hydrogen) atoms. The van der Waals surface area contributed by atoms with Gasteiger partial charge in [0.25, 0.3) is 0 Å². The number of Topliss-reactive ketones (excluding diaryl/α,β-unsaturated/α-hetero) is 1. The maximum Gasteiger partial charge on any atom is 0.180 e. The fraction of sp³-hybridized carbons (Fsp3) is 0.556. The zero-order chi connectivity index (χ0) is 9.42. The molecule has 1 aliphatic rings. The summed E-state index contributed by atoms with van der Waals surface area (Å²) in [6.45, 7) is 3.43. The van der Waals surface area contributed by atoms with Crippen LogP contribution in [0.25, 0.3) is 0 Å². The SMILES string of the molecule is CC(=O)c1n[nH]c2c1CN(C)CC2. The number of fused-ring (bicyclic) bond motifs is 1. The van der Waals surface area contributed by atoms with Crippen molar-refractivity contribution in [2.75, 3.05) is 13.6 Å². The summed E-state index contributed by atoms with van der Waals surface area (Å²) in [4.78, 5) is 13.4. The molecule has 0 bridgehead atoms. The van der Waals surface area contributed by atoms with Gasteiger partial charge in [-0.25, -0.2) is 0 Å². The smallest absolute Gasteiger partial charge is 0.180 e. The molecule has 1 aromatic rings. The van der Waals surface area contributed by atoms with Gasteiger partial charge in [0.05, 0.1) is 0 Å². The monoisotopic (exact) mass is 179 g/mol. The summed E-state index contributed by atoms with van der Waals surface area (Å²) in [5, 5.41) is 6.96. The maximum atomic E-state index is 11.2. The van der Waals surface area contributed by atoms with Gasteiger partial charge in [-0.15, -0.1) is 0 Å². The summed E-state index contributed by atoms with van der Waals surface area (Å²) in [5.41, 5.74) is 2.83. The van der Waals surface area contributed by atoms with E-state index in [-0.39, 0.29) is 5.78 Å². The molecule has 0 radical (unpaired) electrons. The van der Waals surface area contributed by atoms with Crippen LogP contribution >= 0.6 is 0 Å². The van der Waals surface area contributed by atoms with E-state index in [1.54, 1.807) is 6.92 Å². The van der Waals surface area contributed by atoms with E-state index in [9.17, 15) is 4.79 Å². The van der Waals surface area contributed by atoms with Crippen LogP contribution in [0.15, 0.2) is 0 Å². The van der Waals surface area contributed by atoms with Gasteiger partial charge in [0.15, 0.2) is 5.78 Å². The molecule has 0 saturated carbocycles. The Morgan fingerprint density at radius 3 is 3.08 bits per heavy atom. The predicted molar refractivity (Wildman–Crippen MR) is 48.6 cm³/mol. The first-order valence-electron chi connectivity index (χ1n) is 4.44. The van der Waals surface area contributed by atoms with Crippen LogP contribution in [0.2, 0.25) is 0 Å². The van der Waals surface area contributed by atoms with Crippen molar-refractivity contribution in [2.45, 2.75) is 19.9 Å². The number of ketones is 1. The molecule has 0 aromatic carbocycles. The lowest BCUT2D eigenvalue weighted by Gasteiger charge is -2.21. The Bertz CT molecular complexity index is 343. The van der Waals surface area contributed by atoms with Crippen molar-refractivity contribution in [1.29, 1.82) is 0 Å². The first kappa shape index (κ1) is 8.44. The van der Waals surface area contributed by atoms with Crippen molar-refractivity contribution in [2.24, 2.45) is 0 Å². The standard InChI is InChI=1S/C9H13N3O/c1-6(13)9-7-5-12(2)4-3-8(7)10-11-9/h3-5H2,1-2H3,(H,10,11). The van der Waals surface area contributed by atoms with Crippen LogP contribution in [0.3, 0.4) is 0 Å². The highest BCUT2D eigenvalue weighted by molar-refractivity contribution is 5.93. The minimum absolute atomic E-state index is 0.0489. The summed E-state index contributed by atoms with van der Waals surface area (Å²) in [5.74, 6) is 0.0489. The van der Waals surface area contributed by atoms with Crippen LogP contribution in [0.1, 0.15) is 28.7 Å². The fourth-order valence-corrected chi connectivity index (χ4v) is 1.72. The van der Waals surface area contributed by atoms with Crippen LogP contribution in [-0.4, -0.2) is 34.5 Å². The Morgan fingerprint density at radius 2 is 2.38 bits per heavy atom. The number of likely N-dealkylation sites (N-methyl/N-ethyl adjacent to an activating group) is 1. The van der Waals surface area contributed by atoms with Gasteiger partial charge in [-0.3, -0.25) is 9.89 Å². The van der Waals surface area contributed by atoms with Crippen LogP contribution in [0.4, 0.5) is 0 Å². The largest absolute Gasteiger partial charge is 0.302 e. The zero-order valence-corrected chi connectivity index (χ0v) is 7.92. The molecule has 0 atom stereocenters. The van der Waals surface area contributed by atoms with E-state index in [2.05, 4.69) is 22.1 Å². The first-order valence-corrected chi connectivity index (χ1v) is 4.44. The quantitative estimate of drug-likeness (QED) is 0.642. The number of nitrogens with one attached hydrogen (secondary N) is 1. The van der Waals surface area contributed by atoms with E-state index >= 15 is 0 Å². The summed E-state index contributed by atoms with van der Waals surface area (Å²) >= 11 is 0. The van der Waals surface area contributed by atoms with Gasteiger partial charge in [0.1, 0.15) is 5.69 Å². The molecule has 4 heteroatoms. The summed E-state index contributed by atoms with van der Waals surface area (Å²) < 4.78 is 0. The highest BCUT2D eigenvalue weighted by Crippen LogP contribution is 2.19. The third-order valence-corrected chi connectivity index (χ3v) is 2.46. The Labute approximate surface area is 76.9 Å². The maximum absolute atomic E-state index is 11.2. The van der Waals surface area contributed by atoms with E-state index in [1.807, 2.05) is 0 Å². The second-order valence-electron chi connectivity index (χ2n) is 3.57. The van der Waals surface area contributed by atoms with Gasteiger partial charge >= 0.3 is 0 Å². The molecule has 1 aliphatic heterocycles. The Balaban J connectivity index is 2.41. The van der Waals surface area contributed by atoms with Crippen molar-refractivity contribution >= 4 is 5.78 Å². The number of carbonyl (C=O) groups excluding carboxylic acids is 1. The molecule has 2 heterocycles. The molecule has 0 saturated heterocycles. The highest BCUT2D eigenvalue weighted by Gasteiger charge is 2.21. The van der Waals surface area contributed by atoms with E-state index < -0.39 is 0 Å². The molecular formula is C9H13N3O. The number of rotatable bonds is 1. The Hall–Kier alpha value is -1.16. The Morgan fingerprint density at radius 1 is 1.62 bits per heavy atom. The molecule has 2 rings (SSSR count). The molecular weight excluding hydrogens is 166 g/mol. The molecule has 0 spiro atoms. The van der Waals surface area contributed by atoms with E-state index in [0.717, 1.165) is 30.8 Å². The zero-order valence-electron chi connectivity index (χ0n) is 7.92. The average molecular weight is 179 g/mol. The third-order valence-electron chi connectivity index (χ3n) is 2.46. The van der Waals surface area contributed by atoms with Crippen molar-refractivity contribution in [3.63, 3.8) is 0 Å². The van der Waals surface area contributed by atoms with Gasteiger partial charge in [0.2, 0.25) is 0 Å². The lowest BCUT2D eigenvalue weighted by atomic mass is 10.0. The van der Waals surface area contributed by atoms with E-state index in [1.165, 1.54) is 0 Å². The summed E-state index contributed by atoms with van der Waals surface area (Å²) in [6.07, 6.45) is 0.964. The molecule has 70 valence electrons. The second-order valence-corrected chi connectivity index (χ2v) is 3.57. The van der Waals surface area contributed by atoms with Crippen molar-refractivity contribution in [3.05, 3.63) is 17.0 Å². The first-order chi connectivity index (χ1) is 6.18. The van der Waals surface area contributed by atoms with Crippen molar-refractivity contribution in [1.82, 2.24) is 15.1 Å². The normalized spacial score (nSPS) is 17.1. The molecule has 0 unspecified atom stereocenters. The number of hydrogen-bond acceptors (Lipinski definition) is 3. The van der Waals surface area contributed by atoms with Gasteiger partial charge in [-0.05, 0) is 7.05 Å². The lowest BCUT2D eigenvalue weighted by molar-refractivity contribution is 0.101. The molecule has 1 aromatic heterocycles. The van der Waals surface area contributed by atoms with Gasteiger partial charge in [0, 0.05) is 37.7 Å². The Kier molecular flexibility index (Phi) is 1.92. The molecule has 0 aliphatic carbocycles. The number of aromatic nitrogens is 2. The second kappa shape index (κ2) is 2.96. The van der Waals surface area contributed by atoms with Crippen LogP contribution < -0.4 is 0 Å². The van der Waals surface area contributed by atoms with Gasteiger partial charge in [-0.1, -0.05) is 0 Å². The summed E-state index contributed by atoms with van der Waals surface area (Å²) in [6, 6.07) is 0. The van der Waals surface area contributed by atoms with Crippen LogP contribution in [0, 0.1) is 0 Å². The third kappa shape index (κ3) is 1.37. The van der Waals surface area contributed by atoms with Crippen molar-refractivity contribution < 1.29 is 4.79 Å². The molecule has 0 amide bonds. The fourth-order valence-electron chi connectivity index (χ4n) is 1.72. The minimum Gasteiger partial charge on any atom is -0.302 e. The summed E-state index contributed by atoms with van der Waals surface area (Å²) in [7, 11) is 2.06. The minimum atomic E-state index is 0.0489. The van der Waals surface area contributed by atoms with Crippen molar-refractivity contribution in [3.8, 4) is 0 Å². The van der Waals surface area contributed by atoms with Crippen LogP contribution in [0.5, 0.6) is 0 Å². The molecule has 0 fully saturated rings. The molecule has 1 N–H and O–H groups in total. The number of carbonyl (C=O) groups is 1. The molecule has 4 nitrogen and oxygen atoms in total. The highest BCUT2D eigenvalue weighted by atomic mass is 16.1. The van der Waals surface area contributed by atoms with Gasteiger partial charge in [-0.2, -0.15) is 5.10 Å². The van der Waals surface area contributed by atoms with Gasteiger partial charge < -0.3 is 4.90 Å². The average Bonchev–Trinajstić information content (AvgIpc) is 2.46. The number of hydrogen-bond donors (Lipinski definition) is 1. The predicted octanol–water partition coefficient (Wildman–Crippen LogP) is 0.600. The van der Waals surface area contributed by atoms with E-state index in [4.69, 9.17) is 0 Å².